The van der Waals surface area contributed by atoms with E-state index < -0.39 is 11.9 Å². The Bertz CT molecular complexity index is 2100. The summed E-state index contributed by atoms with van der Waals surface area (Å²) in [4.78, 5) is 54.8. The Labute approximate surface area is 291 Å². The summed E-state index contributed by atoms with van der Waals surface area (Å²) in [5, 5.41) is 2.37. The molecule has 0 radical (unpaired) electrons. The van der Waals surface area contributed by atoms with Crippen LogP contribution >= 0.6 is 0 Å². The Morgan fingerprint density at radius 1 is 0.860 bits per heavy atom. The van der Waals surface area contributed by atoms with Gasteiger partial charge >= 0.3 is 5.69 Å². The molecular formula is C38H46N6O6. The molecule has 3 saturated heterocycles. The predicted molar refractivity (Wildman–Crippen MR) is 191 cm³/mol. The minimum atomic E-state index is -0.682. The number of benzene rings is 2. The number of piperidine rings is 2. The minimum absolute atomic E-state index is 0.00750. The highest BCUT2D eigenvalue weighted by Gasteiger charge is 2.44. The number of hydrogen-bond acceptors (Lipinski definition) is 8. The molecular weight excluding hydrogens is 636 g/mol. The van der Waals surface area contributed by atoms with Crippen molar-refractivity contribution in [3.05, 3.63) is 79.6 Å². The van der Waals surface area contributed by atoms with Gasteiger partial charge in [-0.1, -0.05) is 6.07 Å². The van der Waals surface area contributed by atoms with Crippen LogP contribution in [0.3, 0.4) is 0 Å². The number of carbonyl (C=O) groups excluding carboxylic acids is 2. The summed E-state index contributed by atoms with van der Waals surface area (Å²) in [6, 6.07) is 9.46. The molecule has 2 aromatic heterocycles. The predicted octanol–water partition coefficient (Wildman–Crippen LogP) is 3.42. The lowest BCUT2D eigenvalue weighted by Crippen LogP contribution is -2.59. The maximum atomic E-state index is 13.2. The first-order chi connectivity index (χ1) is 23.9. The van der Waals surface area contributed by atoms with Crippen LogP contribution in [0.5, 0.6) is 11.5 Å². The maximum absolute atomic E-state index is 13.2. The number of amides is 2. The standard InChI is InChI=1S/C38H46N6O6/c1-23-24(2)36(47)40(3)19-27(23)26-16-32(49-5)28(33(17-26)50-6)20-42-13-11-38(12-14-42)21-43(22-38)18-25-7-8-29-31(15-25)41(4)37(48)44(29)30-9-10-34(45)39-35(30)46/h7-8,15-17,19,30H,9-14,18,20-22H2,1-6H3,(H,39,45,46). The molecule has 12 heteroatoms. The van der Waals surface area contributed by atoms with Crippen molar-refractivity contribution in [2.75, 3.05) is 40.4 Å². The van der Waals surface area contributed by atoms with E-state index in [4.69, 9.17) is 9.47 Å². The third-order valence-electron chi connectivity index (χ3n) is 11.3. The fraction of sp³-hybridized carbons (Fsp3) is 0.474. The number of fused-ring (bicyclic) bond motifs is 1. The molecule has 4 aromatic rings. The molecule has 1 atom stereocenters. The first-order valence-electron chi connectivity index (χ1n) is 17.3. The SMILES string of the molecule is COc1cc(-c2cn(C)c(=O)c(C)c2C)cc(OC)c1CN1CCC2(CC1)CN(Cc1ccc3c(c1)n(C)c(=O)n3C1CCC(=O)NC1=O)C2. The van der Waals surface area contributed by atoms with Crippen LogP contribution in [0.2, 0.25) is 0 Å². The third kappa shape index (κ3) is 5.83. The molecule has 50 heavy (non-hydrogen) atoms. The number of hydrogen-bond donors (Lipinski definition) is 1. The number of pyridine rings is 1. The normalized spacial score (nSPS) is 19.5. The van der Waals surface area contributed by atoms with Crippen molar-refractivity contribution in [2.24, 2.45) is 19.5 Å². The number of nitrogens with one attached hydrogen (secondary N) is 1. The van der Waals surface area contributed by atoms with Crippen molar-refractivity contribution in [1.29, 1.82) is 0 Å². The lowest BCUT2D eigenvalue weighted by Gasteiger charge is -2.54. The molecule has 12 nitrogen and oxygen atoms in total. The van der Waals surface area contributed by atoms with Gasteiger partial charge in [-0.15, -0.1) is 0 Å². The molecule has 7 rings (SSSR count). The first kappa shape index (κ1) is 33.8. The molecule has 0 saturated carbocycles. The van der Waals surface area contributed by atoms with E-state index in [0.29, 0.717) is 17.4 Å². The van der Waals surface area contributed by atoms with Gasteiger partial charge in [-0.2, -0.15) is 0 Å². The van der Waals surface area contributed by atoms with Crippen LogP contribution in [0.1, 0.15) is 54.0 Å². The second-order valence-corrected chi connectivity index (χ2v) is 14.5. The number of imidazole rings is 1. The minimum Gasteiger partial charge on any atom is -0.496 e. The van der Waals surface area contributed by atoms with Crippen LogP contribution in [0.15, 0.2) is 46.1 Å². The van der Waals surface area contributed by atoms with Gasteiger partial charge in [0.05, 0.1) is 30.8 Å². The molecule has 3 fully saturated rings. The highest BCUT2D eigenvalue weighted by molar-refractivity contribution is 6.00. The second-order valence-electron chi connectivity index (χ2n) is 14.5. The van der Waals surface area contributed by atoms with Crippen molar-refractivity contribution in [3.8, 4) is 22.6 Å². The molecule has 264 valence electrons. The largest absolute Gasteiger partial charge is 0.496 e. The van der Waals surface area contributed by atoms with Crippen molar-refractivity contribution in [2.45, 2.75) is 58.7 Å². The Kier molecular flexibility index (Phi) is 8.72. The van der Waals surface area contributed by atoms with Crippen LogP contribution in [0.25, 0.3) is 22.2 Å². The number of likely N-dealkylation sites (tertiary alicyclic amines) is 2. The summed E-state index contributed by atoms with van der Waals surface area (Å²) in [5.41, 5.74) is 7.36. The number of rotatable bonds is 8. The molecule has 2 amide bonds. The lowest BCUT2D eigenvalue weighted by atomic mass is 9.72. The average molecular weight is 683 g/mol. The number of carbonyl (C=O) groups is 2. The quantitative estimate of drug-likeness (QED) is 0.281. The van der Waals surface area contributed by atoms with Gasteiger partial charge < -0.3 is 14.0 Å². The van der Waals surface area contributed by atoms with Gasteiger partial charge in [-0.05, 0) is 92.6 Å². The van der Waals surface area contributed by atoms with Gasteiger partial charge in [0.15, 0.2) is 0 Å². The molecule has 3 aliphatic heterocycles. The summed E-state index contributed by atoms with van der Waals surface area (Å²) in [5.74, 6) is 0.844. The van der Waals surface area contributed by atoms with E-state index in [-0.39, 0.29) is 23.6 Å². The van der Waals surface area contributed by atoms with Gasteiger partial charge in [-0.25, -0.2) is 4.79 Å². The van der Waals surface area contributed by atoms with Crippen LogP contribution in [0.4, 0.5) is 0 Å². The number of methoxy groups -OCH3 is 2. The number of imide groups is 1. The van der Waals surface area contributed by atoms with Crippen molar-refractivity contribution in [3.63, 3.8) is 0 Å². The molecule has 1 unspecified atom stereocenters. The Balaban J connectivity index is 0.996. The van der Waals surface area contributed by atoms with Gasteiger partial charge in [0.1, 0.15) is 17.5 Å². The lowest BCUT2D eigenvalue weighted by molar-refractivity contribution is -0.135. The Morgan fingerprint density at radius 3 is 2.18 bits per heavy atom. The summed E-state index contributed by atoms with van der Waals surface area (Å²) >= 11 is 0. The van der Waals surface area contributed by atoms with Gasteiger partial charge in [0.25, 0.3) is 5.56 Å². The molecule has 3 aliphatic rings. The summed E-state index contributed by atoms with van der Waals surface area (Å²) in [7, 11) is 6.90. The number of ether oxygens (including phenoxy) is 2. The van der Waals surface area contributed by atoms with Gasteiger partial charge in [0.2, 0.25) is 11.8 Å². The second kappa shape index (κ2) is 12.9. The number of aryl methyl sites for hydroxylation is 2. The molecule has 5 heterocycles. The van der Waals surface area contributed by atoms with Crippen LogP contribution in [-0.2, 0) is 36.8 Å². The zero-order valence-electron chi connectivity index (χ0n) is 29.8. The van der Waals surface area contributed by atoms with Gasteiger partial charge in [-0.3, -0.25) is 38.6 Å². The topological polar surface area (TPSA) is 120 Å². The third-order valence-corrected chi connectivity index (χ3v) is 11.3. The smallest absolute Gasteiger partial charge is 0.329 e. The van der Waals surface area contributed by atoms with E-state index >= 15 is 0 Å². The van der Waals surface area contributed by atoms with E-state index in [9.17, 15) is 19.2 Å². The molecule has 0 bridgehead atoms. The fourth-order valence-corrected chi connectivity index (χ4v) is 8.30. The average Bonchev–Trinajstić information content (AvgIpc) is 3.33. The fourth-order valence-electron chi connectivity index (χ4n) is 8.30. The molecule has 1 N–H and O–H groups in total. The Hall–Kier alpha value is -4.68. The maximum Gasteiger partial charge on any atom is 0.329 e. The van der Waals surface area contributed by atoms with E-state index in [1.165, 1.54) is 4.57 Å². The summed E-state index contributed by atoms with van der Waals surface area (Å²) in [6.45, 7) is 9.43. The number of aromatic nitrogens is 3. The van der Waals surface area contributed by atoms with Crippen LogP contribution < -0.4 is 26.0 Å². The van der Waals surface area contributed by atoms with Crippen LogP contribution in [-0.4, -0.2) is 75.7 Å². The van der Waals surface area contributed by atoms with Crippen molar-refractivity contribution in [1.82, 2.24) is 28.8 Å². The molecule has 1 spiro atoms. The summed E-state index contributed by atoms with van der Waals surface area (Å²) < 4.78 is 16.6. The van der Waals surface area contributed by atoms with E-state index in [1.54, 1.807) is 37.4 Å². The molecule has 0 aliphatic carbocycles. The van der Waals surface area contributed by atoms with Gasteiger partial charge in [0, 0.05) is 64.0 Å². The first-order valence-corrected chi connectivity index (χ1v) is 17.3. The highest BCUT2D eigenvalue weighted by atomic mass is 16.5. The van der Waals surface area contributed by atoms with Crippen molar-refractivity contribution < 1.29 is 19.1 Å². The zero-order chi connectivity index (χ0) is 35.5. The van der Waals surface area contributed by atoms with Crippen molar-refractivity contribution >= 4 is 22.8 Å². The monoisotopic (exact) mass is 682 g/mol. The van der Waals surface area contributed by atoms with E-state index in [1.807, 2.05) is 32.2 Å². The van der Waals surface area contributed by atoms with Crippen LogP contribution in [0, 0.1) is 19.3 Å². The zero-order valence-corrected chi connectivity index (χ0v) is 29.8. The molecule has 2 aromatic carbocycles. The number of nitrogens with zero attached hydrogens (tertiary/aromatic N) is 5. The van der Waals surface area contributed by atoms with E-state index in [0.717, 1.165) is 103 Å². The highest BCUT2D eigenvalue weighted by Crippen LogP contribution is 2.43. The van der Waals surface area contributed by atoms with E-state index in [2.05, 4.69) is 33.3 Å². The Morgan fingerprint density at radius 2 is 1.54 bits per heavy atom. The summed E-state index contributed by atoms with van der Waals surface area (Å²) in [6.07, 6.45) is 4.66.